The number of piperidine rings is 1. The van der Waals surface area contributed by atoms with Gasteiger partial charge in [-0.05, 0) is 65.1 Å². The monoisotopic (exact) mass is 557 g/mol. The molecule has 2 aliphatic rings. The molecule has 4 N–H and O–H groups in total. The van der Waals surface area contributed by atoms with Gasteiger partial charge in [0.2, 0.25) is 17.7 Å². The van der Waals surface area contributed by atoms with Gasteiger partial charge in [-0.25, -0.2) is 4.79 Å². The van der Waals surface area contributed by atoms with Gasteiger partial charge in [-0.2, -0.15) is 0 Å². The summed E-state index contributed by atoms with van der Waals surface area (Å²) < 4.78 is 5.50. The summed E-state index contributed by atoms with van der Waals surface area (Å²) in [6.45, 7) is 7.47. The number of ether oxygens (including phenoxy) is 1. The van der Waals surface area contributed by atoms with Crippen LogP contribution in [-0.2, 0) is 25.7 Å². The Morgan fingerprint density at radius 3 is 2.48 bits per heavy atom. The molecule has 220 valence electrons. The molecule has 5 amide bonds. The predicted octanol–water partition coefficient (Wildman–Crippen LogP) is 3.31. The van der Waals surface area contributed by atoms with Gasteiger partial charge in [0.05, 0.1) is 0 Å². The van der Waals surface area contributed by atoms with E-state index in [2.05, 4.69) is 10.6 Å². The number of rotatable bonds is 13. The summed E-state index contributed by atoms with van der Waals surface area (Å²) >= 11 is 0. The van der Waals surface area contributed by atoms with E-state index in [-0.39, 0.29) is 36.8 Å². The largest absolute Gasteiger partial charge is 0.444 e. The fourth-order valence-electron chi connectivity index (χ4n) is 4.94. The first-order valence-electron chi connectivity index (χ1n) is 14.2. The van der Waals surface area contributed by atoms with Gasteiger partial charge in [0.25, 0.3) is 5.91 Å². The molecule has 1 aromatic rings. The molecule has 0 saturated carbocycles. The Kier molecular flexibility index (Phi) is 11.1. The third kappa shape index (κ3) is 8.77. The zero-order chi connectivity index (χ0) is 29.3. The van der Waals surface area contributed by atoms with E-state index in [9.17, 15) is 24.0 Å². The highest BCUT2D eigenvalue weighted by Gasteiger charge is 2.40. The summed E-state index contributed by atoms with van der Waals surface area (Å²) in [4.78, 5) is 65.0. The standard InChI is InChI=1S/C29H43N5O6/c1-29(2,3)40-28(39)33(18-10-16-30)17-8-6-4-5-7-13-24(35)31-22-12-9-11-20-21(22)19-34(27(20)38)23-14-15-25(36)32-26(23)37/h9,11-12,23H,4-8,10,13-19,30H2,1-3H3,(H,31,35)(H,32,36,37). The van der Waals surface area contributed by atoms with Gasteiger partial charge in [-0.3, -0.25) is 24.5 Å². The molecular weight excluding hydrogens is 514 g/mol. The summed E-state index contributed by atoms with van der Waals surface area (Å²) in [5.41, 5.74) is 6.80. The van der Waals surface area contributed by atoms with Crippen LogP contribution in [0.25, 0.3) is 0 Å². The van der Waals surface area contributed by atoms with Crippen LogP contribution in [0.2, 0.25) is 0 Å². The lowest BCUT2D eigenvalue weighted by atomic mass is 10.0. The number of nitrogens with one attached hydrogen (secondary N) is 2. The minimum Gasteiger partial charge on any atom is -0.444 e. The van der Waals surface area contributed by atoms with Crippen molar-refractivity contribution in [1.29, 1.82) is 0 Å². The number of hydrogen-bond acceptors (Lipinski definition) is 7. The van der Waals surface area contributed by atoms with Gasteiger partial charge >= 0.3 is 6.09 Å². The minimum atomic E-state index is -0.696. The Hall–Kier alpha value is -3.47. The number of unbranched alkanes of at least 4 members (excludes halogenated alkanes) is 4. The SMILES string of the molecule is CC(C)(C)OC(=O)N(CCCN)CCCCCCCC(=O)Nc1cccc2c1CN(C1CCC(=O)NC1=O)C2=O. The van der Waals surface area contributed by atoms with E-state index >= 15 is 0 Å². The third-order valence-electron chi connectivity index (χ3n) is 6.97. The molecule has 1 unspecified atom stereocenters. The molecule has 0 bridgehead atoms. The number of amides is 5. The first-order chi connectivity index (χ1) is 19.0. The highest BCUT2D eigenvalue weighted by atomic mass is 16.6. The number of benzene rings is 1. The fraction of sp³-hybridized carbons (Fsp3) is 0.621. The average Bonchev–Trinajstić information content (AvgIpc) is 3.21. The van der Waals surface area contributed by atoms with E-state index in [4.69, 9.17) is 10.5 Å². The van der Waals surface area contributed by atoms with Crippen LogP contribution in [0.1, 0.15) is 94.5 Å². The normalized spacial score (nSPS) is 16.9. The van der Waals surface area contributed by atoms with Crippen LogP contribution in [0, 0.1) is 0 Å². The van der Waals surface area contributed by atoms with Crippen molar-refractivity contribution in [2.45, 2.75) is 96.7 Å². The number of carbonyl (C=O) groups is 5. The smallest absolute Gasteiger partial charge is 0.410 e. The summed E-state index contributed by atoms with van der Waals surface area (Å²) in [5, 5.41) is 5.23. The molecule has 2 heterocycles. The zero-order valence-electron chi connectivity index (χ0n) is 23.9. The fourth-order valence-corrected chi connectivity index (χ4v) is 4.94. The molecule has 0 aromatic heterocycles. The van der Waals surface area contributed by atoms with E-state index in [1.165, 1.54) is 4.90 Å². The van der Waals surface area contributed by atoms with Crippen molar-refractivity contribution in [3.05, 3.63) is 29.3 Å². The van der Waals surface area contributed by atoms with Crippen molar-refractivity contribution >= 4 is 35.4 Å². The molecule has 0 radical (unpaired) electrons. The van der Waals surface area contributed by atoms with Crippen molar-refractivity contribution in [1.82, 2.24) is 15.1 Å². The number of anilines is 1. The lowest BCUT2D eigenvalue weighted by Gasteiger charge is -2.29. The van der Waals surface area contributed by atoms with Gasteiger partial charge < -0.3 is 25.6 Å². The van der Waals surface area contributed by atoms with Gasteiger partial charge in [0, 0.05) is 49.3 Å². The predicted molar refractivity (Wildman–Crippen MR) is 150 cm³/mol. The Balaban J connectivity index is 1.40. The molecule has 1 fully saturated rings. The van der Waals surface area contributed by atoms with Crippen molar-refractivity contribution in [3.63, 3.8) is 0 Å². The van der Waals surface area contributed by atoms with Gasteiger partial charge in [-0.15, -0.1) is 0 Å². The van der Waals surface area contributed by atoms with Crippen molar-refractivity contribution in [2.75, 3.05) is 25.0 Å². The number of carbonyl (C=O) groups excluding carboxylic acids is 5. The maximum atomic E-state index is 13.0. The molecule has 3 rings (SSSR count). The van der Waals surface area contributed by atoms with Crippen LogP contribution in [0.4, 0.5) is 10.5 Å². The molecule has 1 saturated heterocycles. The maximum Gasteiger partial charge on any atom is 0.410 e. The molecule has 40 heavy (non-hydrogen) atoms. The van der Waals surface area contributed by atoms with Crippen molar-refractivity contribution in [2.24, 2.45) is 5.73 Å². The number of fused-ring (bicyclic) bond motifs is 1. The second kappa shape index (κ2) is 14.2. The summed E-state index contributed by atoms with van der Waals surface area (Å²) in [6, 6.07) is 4.48. The topological polar surface area (TPSA) is 151 Å². The van der Waals surface area contributed by atoms with Crippen LogP contribution < -0.4 is 16.4 Å². The maximum absolute atomic E-state index is 13.0. The molecule has 0 spiro atoms. The molecule has 11 nitrogen and oxygen atoms in total. The molecule has 1 atom stereocenters. The molecule has 1 aromatic carbocycles. The summed E-state index contributed by atoms with van der Waals surface area (Å²) in [6.07, 6.45) is 5.60. The van der Waals surface area contributed by atoms with Crippen LogP contribution in [-0.4, -0.2) is 70.8 Å². The second-order valence-corrected chi connectivity index (χ2v) is 11.4. The van der Waals surface area contributed by atoms with Crippen molar-refractivity contribution < 1.29 is 28.7 Å². The van der Waals surface area contributed by atoms with Crippen molar-refractivity contribution in [3.8, 4) is 0 Å². The lowest BCUT2D eigenvalue weighted by Crippen LogP contribution is -2.52. The van der Waals surface area contributed by atoms with Gasteiger partial charge in [0.1, 0.15) is 11.6 Å². The van der Waals surface area contributed by atoms with Gasteiger partial charge in [0.15, 0.2) is 0 Å². The first kappa shape index (κ1) is 31.1. The Morgan fingerprint density at radius 2 is 1.77 bits per heavy atom. The van der Waals surface area contributed by atoms with Crippen LogP contribution >= 0.6 is 0 Å². The van der Waals surface area contributed by atoms with E-state index in [1.807, 2.05) is 20.8 Å². The van der Waals surface area contributed by atoms with E-state index in [1.54, 1.807) is 23.1 Å². The number of imide groups is 1. The highest BCUT2D eigenvalue weighted by Crippen LogP contribution is 2.32. The first-order valence-corrected chi connectivity index (χ1v) is 14.2. The van der Waals surface area contributed by atoms with E-state index in [0.717, 1.165) is 38.5 Å². The van der Waals surface area contributed by atoms with E-state index in [0.29, 0.717) is 49.3 Å². The highest BCUT2D eigenvalue weighted by molar-refractivity contribution is 6.06. The van der Waals surface area contributed by atoms with Crippen LogP contribution in [0.5, 0.6) is 0 Å². The average molecular weight is 558 g/mol. The molecule has 11 heteroatoms. The summed E-state index contributed by atoms with van der Waals surface area (Å²) in [7, 11) is 0. The van der Waals surface area contributed by atoms with Gasteiger partial charge in [-0.1, -0.05) is 25.3 Å². The molecule has 0 aliphatic carbocycles. The quantitative estimate of drug-likeness (QED) is 0.249. The van der Waals surface area contributed by atoms with Crippen LogP contribution in [0.15, 0.2) is 18.2 Å². The summed E-state index contributed by atoms with van der Waals surface area (Å²) in [5.74, 6) is -1.19. The second-order valence-electron chi connectivity index (χ2n) is 11.4. The van der Waals surface area contributed by atoms with Crippen LogP contribution in [0.3, 0.4) is 0 Å². The lowest BCUT2D eigenvalue weighted by molar-refractivity contribution is -0.137. The zero-order valence-corrected chi connectivity index (χ0v) is 23.9. The third-order valence-corrected chi connectivity index (χ3v) is 6.97. The van der Waals surface area contributed by atoms with E-state index < -0.39 is 17.6 Å². The Morgan fingerprint density at radius 1 is 1.07 bits per heavy atom. The Labute approximate surface area is 236 Å². The Bertz CT molecular complexity index is 1100. The molecular formula is C29H43N5O6. The minimum absolute atomic E-state index is 0.127. The molecule has 2 aliphatic heterocycles. The number of hydrogen-bond donors (Lipinski definition) is 3. The number of nitrogens with zero attached hydrogens (tertiary/aromatic N) is 2. The number of nitrogens with two attached hydrogens (primary N) is 1.